The zero-order chi connectivity index (χ0) is 22.8. The molecule has 0 amide bonds. The molecule has 0 bridgehead atoms. The Balaban J connectivity index is 1.67. The molecule has 0 radical (unpaired) electrons. The van der Waals surface area contributed by atoms with Gasteiger partial charge in [-0.25, -0.2) is 9.59 Å². The first-order valence-electron chi connectivity index (χ1n) is 9.48. The largest absolute Gasteiger partial charge is 0.504 e. The van der Waals surface area contributed by atoms with Crippen LogP contribution in [0.25, 0.3) is 12.2 Å². The summed E-state index contributed by atoms with van der Waals surface area (Å²) in [6, 6.07) is 8.33. The average Bonchev–Trinajstić information content (AvgIpc) is 2.74. The zero-order valence-corrected chi connectivity index (χ0v) is 16.9. The van der Waals surface area contributed by atoms with Crippen molar-refractivity contribution in [1.82, 2.24) is 0 Å². The van der Waals surface area contributed by atoms with E-state index in [0.717, 1.165) is 0 Å². The Hall–Kier alpha value is -3.94. The smallest absolute Gasteiger partial charge is 0.330 e. The highest BCUT2D eigenvalue weighted by Gasteiger charge is 2.07. The van der Waals surface area contributed by atoms with Crippen molar-refractivity contribution < 1.29 is 39.5 Å². The maximum atomic E-state index is 11.8. The molecular formula is C23H24O8. The Morgan fingerprint density at radius 1 is 0.806 bits per heavy atom. The summed E-state index contributed by atoms with van der Waals surface area (Å²) in [5, 5.41) is 37.3. The number of rotatable bonds is 9. The molecule has 1 atom stereocenters. The van der Waals surface area contributed by atoms with Crippen molar-refractivity contribution in [2.24, 2.45) is 5.92 Å². The molecule has 0 fully saturated rings. The summed E-state index contributed by atoms with van der Waals surface area (Å²) in [6.45, 7) is 2.13. The summed E-state index contributed by atoms with van der Waals surface area (Å²) < 4.78 is 10.2. The van der Waals surface area contributed by atoms with Gasteiger partial charge in [-0.2, -0.15) is 0 Å². The van der Waals surface area contributed by atoms with E-state index in [1.807, 2.05) is 6.92 Å². The zero-order valence-electron chi connectivity index (χ0n) is 16.9. The number of esters is 2. The van der Waals surface area contributed by atoms with Crippen LogP contribution in [0.2, 0.25) is 0 Å². The molecule has 0 aliphatic heterocycles. The topological polar surface area (TPSA) is 134 Å². The van der Waals surface area contributed by atoms with Crippen molar-refractivity contribution in [1.29, 1.82) is 0 Å². The Bertz CT molecular complexity index is 978. The number of ether oxygens (including phenoxy) is 2. The molecule has 4 N–H and O–H groups in total. The lowest BCUT2D eigenvalue weighted by Gasteiger charge is -2.11. The predicted molar refractivity (Wildman–Crippen MR) is 113 cm³/mol. The van der Waals surface area contributed by atoms with Crippen LogP contribution in [0.3, 0.4) is 0 Å². The quantitative estimate of drug-likeness (QED) is 0.271. The molecule has 0 aliphatic carbocycles. The average molecular weight is 428 g/mol. The van der Waals surface area contributed by atoms with Crippen LogP contribution in [0, 0.1) is 5.92 Å². The van der Waals surface area contributed by atoms with E-state index >= 15 is 0 Å². The summed E-state index contributed by atoms with van der Waals surface area (Å²) >= 11 is 0. The number of phenolic OH excluding ortho intramolecular Hbond substituents is 4. The van der Waals surface area contributed by atoms with Gasteiger partial charge >= 0.3 is 11.9 Å². The number of benzene rings is 2. The van der Waals surface area contributed by atoms with Crippen molar-refractivity contribution in [3.8, 4) is 23.0 Å². The molecule has 0 aliphatic rings. The molecule has 8 heteroatoms. The van der Waals surface area contributed by atoms with Crippen LogP contribution in [0.5, 0.6) is 23.0 Å². The number of aromatic hydroxyl groups is 4. The van der Waals surface area contributed by atoms with Gasteiger partial charge in [0.2, 0.25) is 0 Å². The van der Waals surface area contributed by atoms with Crippen LogP contribution in [-0.2, 0) is 19.1 Å². The fourth-order valence-corrected chi connectivity index (χ4v) is 2.38. The van der Waals surface area contributed by atoms with Gasteiger partial charge in [-0.1, -0.05) is 19.1 Å². The summed E-state index contributed by atoms with van der Waals surface area (Å²) in [5.41, 5.74) is 1.06. The van der Waals surface area contributed by atoms with E-state index in [1.165, 1.54) is 60.7 Å². The number of phenols is 4. The van der Waals surface area contributed by atoms with Crippen LogP contribution in [-0.4, -0.2) is 45.6 Å². The number of hydrogen-bond acceptors (Lipinski definition) is 8. The molecule has 0 spiro atoms. The summed E-state index contributed by atoms with van der Waals surface area (Å²) in [6.07, 6.45) is 5.82. The Morgan fingerprint density at radius 2 is 1.29 bits per heavy atom. The van der Waals surface area contributed by atoms with Gasteiger partial charge in [0.05, 0.1) is 13.2 Å². The first-order chi connectivity index (χ1) is 14.7. The van der Waals surface area contributed by atoms with Crippen LogP contribution in [0.4, 0.5) is 0 Å². The van der Waals surface area contributed by atoms with E-state index in [1.54, 1.807) is 0 Å². The predicted octanol–water partition coefficient (Wildman–Crippen LogP) is 3.35. The first-order valence-corrected chi connectivity index (χ1v) is 9.48. The molecular weight excluding hydrogens is 404 g/mol. The van der Waals surface area contributed by atoms with Crippen molar-refractivity contribution in [3.63, 3.8) is 0 Å². The van der Waals surface area contributed by atoms with E-state index in [2.05, 4.69) is 0 Å². The van der Waals surface area contributed by atoms with E-state index in [0.29, 0.717) is 17.5 Å². The van der Waals surface area contributed by atoms with Crippen LogP contribution >= 0.6 is 0 Å². The molecule has 1 unspecified atom stereocenters. The normalized spacial score (nSPS) is 12.2. The highest BCUT2D eigenvalue weighted by atomic mass is 16.5. The van der Waals surface area contributed by atoms with Crippen LogP contribution in [0.15, 0.2) is 48.6 Å². The van der Waals surface area contributed by atoms with Gasteiger partial charge in [0.15, 0.2) is 23.0 Å². The minimum Gasteiger partial charge on any atom is -0.504 e. The summed E-state index contributed by atoms with van der Waals surface area (Å²) in [5.74, 6) is -2.21. The summed E-state index contributed by atoms with van der Waals surface area (Å²) in [7, 11) is 0. The fraction of sp³-hybridized carbons (Fsp3) is 0.217. The second-order valence-corrected chi connectivity index (χ2v) is 6.85. The molecule has 2 aromatic rings. The van der Waals surface area contributed by atoms with Gasteiger partial charge in [0, 0.05) is 12.2 Å². The van der Waals surface area contributed by atoms with Gasteiger partial charge in [0.25, 0.3) is 0 Å². The molecule has 0 aromatic heterocycles. The SMILES string of the molecule is CC(CCOC(=O)/C=C/c1ccc(O)c(O)c1)COC(=O)/C=C/c1ccc(O)c(O)c1. The second-order valence-electron chi connectivity index (χ2n) is 6.85. The molecule has 8 nitrogen and oxygen atoms in total. The molecule has 2 rings (SSSR count). The van der Waals surface area contributed by atoms with Crippen molar-refractivity contribution in [3.05, 3.63) is 59.7 Å². The van der Waals surface area contributed by atoms with Crippen molar-refractivity contribution in [2.45, 2.75) is 13.3 Å². The standard InChI is InChI=1S/C23H24O8/c1-15(14-31-23(29)9-5-17-3-7-19(25)21(27)13-17)10-11-30-22(28)8-4-16-2-6-18(24)20(26)12-16/h2-9,12-13,15,24-27H,10-11,14H2,1H3/b8-4+,9-5+. The lowest BCUT2D eigenvalue weighted by molar-refractivity contribution is -0.141. The fourth-order valence-electron chi connectivity index (χ4n) is 2.38. The van der Waals surface area contributed by atoms with Gasteiger partial charge in [-0.3, -0.25) is 0 Å². The van der Waals surface area contributed by atoms with Crippen molar-refractivity contribution in [2.75, 3.05) is 13.2 Å². The van der Waals surface area contributed by atoms with E-state index in [-0.39, 0.29) is 42.1 Å². The molecule has 0 saturated carbocycles. The highest BCUT2D eigenvalue weighted by molar-refractivity contribution is 5.87. The Kier molecular flexibility index (Phi) is 8.51. The Morgan fingerprint density at radius 3 is 1.77 bits per heavy atom. The maximum absolute atomic E-state index is 11.8. The monoisotopic (exact) mass is 428 g/mol. The van der Waals surface area contributed by atoms with Gasteiger partial charge < -0.3 is 29.9 Å². The third kappa shape index (κ3) is 8.14. The molecule has 0 saturated heterocycles. The van der Waals surface area contributed by atoms with Crippen molar-refractivity contribution >= 4 is 24.1 Å². The third-order valence-corrected chi connectivity index (χ3v) is 4.19. The first kappa shape index (κ1) is 23.3. The molecule has 0 heterocycles. The lowest BCUT2D eigenvalue weighted by atomic mass is 10.1. The lowest BCUT2D eigenvalue weighted by Crippen LogP contribution is -2.13. The summed E-state index contributed by atoms with van der Waals surface area (Å²) in [4.78, 5) is 23.5. The van der Waals surface area contributed by atoms with Gasteiger partial charge in [0.1, 0.15) is 0 Å². The van der Waals surface area contributed by atoms with Gasteiger partial charge in [-0.15, -0.1) is 0 Å². The van der Waals surface area contributed by atoms with Crippen LogP contribution in [0.1, 0.15) is 24.5 Å². The highest BCUT2D eigenvalue weighted by Crippen LogP contribution is 2.26. The minimum atomic E-state index is -0.559. The van der Waals surface area contributed by atoms with Gasteiger partial charge in [-0.05, 0) is 59.9 Å². The second kappa shape index (κ2) is 11.3. The van der Waals surface area contributed by atoms with E-state index in [4.69, 9.17) is 9.47 Å². The minimum absolute atomic E-state index is 0.0408. The van der Waals surface area contributed by atoms with Crippen LogP contribution < -0.4 is 0 Å². The molecule has 31 heavy (non-hydrogen) atoms. The number of carbonyl (C=O) groups is 2. The number of carbonyl (C=O) groups excluding carboxylic acids is 2. The molecule has 2 aromatic carbocycles. The maximum Gasteiger partial charge on any atom is 0.330 e. The third-order valence-electron chi connectivity index (χ3n) is 4.19. The number of hydrogen-bond donors (Lipinski definition) is 4. The van der Waals surface area contributed by atoms with E-state index < -0.39 is 11.9 Å². The van der Waals surface area contributed by atoms with E-state index in [9.17, 15) is 30.0 Å². The Labute approximate surface area is 179 Å². The molecule has 164 valence electrons.